The van der Waals surface area contributed by atoms with Gasteiger partial charge in [-0.2, -0.15) is 0 Å². The SMILES string of the molecule is C=COCC(CC)C(C)C. The summed E-state index contributed by atoms with van der Waals surface area (Å²) in [6.07, 6.45) is 2.70. The van der Waals surface area contributed by atoms with Crippen LogP contribution in [0.1, 0.15) is 27.2 Å². The highest BCUT2D eigenvalue weighted by molar-refractivity contribution is 4.61. The molecule has 10 heavy (non-hydrogen) atoms. The Labute approximate surface area is 64.1 Å². The maximum absolute atomic E-state index is 5.11. The van der Waals surface area contributed by atoms with E-state index in [0.29, 0.717) is 11.8 Å². The van der Waals surface area contributed by atoms with Crippen LogP contribution in [0.3, 0.4) is 0 Å². The molecule has 0 fully saturated rings. The van der Waals surface area contributed by atoms with Gasteiger partial charge in [0.25, 0.3) is 0 Å². The second-order valence-electron chi connectivity index (χ2n) is 2.91. The minimum atomic E-state index is 0.679. The first-order chi connectivity index (χ1) is 4.72. The highest BCUT2D eigenvalue weighted by atomic mass is 16.5. The maximum atomic E-state index is 5.11. The standard InChI is InChI=1S/C9H18O/c1-5-9(8(3)4)7-10-6-2/h6,8-9H,2,5,7H2,1,3-4H3. The second kappa shape index (κ2) is 5.33. The van der Waals surface area contributed by atoms with E-state index in [1.165, 1.54) is 12.7 Å². The van der Waals surface area contributed by atoms with E-state index in [1.807, 2.05) is 0 Å². The van der Waals surface area contributed by atoms with Crippen molar-refractivity contribution in [3.63, 3.8) is 0 Å². The van der Waals surface area contributed by atoms with Crippen LogP contribution in [0.5, 0.6) is 0 Å². The molecule has 1 atom stereocenters. The Morgan fingerprint density at radius 1 is 1.50 bits per heavy atom. The fourth-order valence-electron chi connectivity index (χ4n) is 0.973. The topological polar surface area (TPSA) is 9.23 Å². The molecule has 0 aliphatic heterocycles. The molecule has 0 spiro atoms. The van der Waals surface area contributed by atoms with E-state index in [4.69, 9.17) is 4.74 Å². The third-order valence-electron chi connectivity index (χ3n) is 1.90. The smallest absolute Gasteiger partial charge is 0.0903 e. The van der Waals surface area contributed by atoms with Gasteiger partial charge in [0.1, 0.15) is 0 Å². The lowest BCUT2D eigenvalue weighted by Crippen LogP contribution is -2.13. The highest BCUT2D eigenvalue weighted by Gasteiger charge is 2.09. The third-order valence-corrected chi connectivity index (χ3v) is 1.90. The molecule has 0 saturated carbocycles. The molecule has 0 heterocycles. The first-order valence-corrected chi connectivity index (χ1v) is 3.94. The predicted molar refractivity (Wildman–Crippen MR) is 44.8 cm³/mol. The van der Waals surface area contributed by atoms with E-state index >= 15 is 0 Å². The minimum absolute atomic E-state index is 0.679. The summed E-state index contributed by atoms with van der Waals surface area (Å²) in [5, 5.41) is 0. The van der Waals surface area contributed by atoms with Crippen LogP contribution >= 0.6 is 0 Å². The van der Waals surface area contributed by atoms with Gasteiger partial charge >= 0.3 is 0 Å². The molecule has 0 aromatic heterocycles. The van der Waals surface area contributed by atoms with E-state index in [1.54, 1.807) is 0 Å². The second-order valence-corrected chi connectivity index (χ2v) is 2.91. The van der Waals surface area contributed by atoms with Gasteiger partial charge in [-0.05, 0) is 18.3 Å². The summed E-state index contributed by atoms with van der Waals surface area (Å²) in [7, 11) is 0. The monoisotopic (exact) mass is 142 g/mol. The Morgan fingerprint density at radius 3 is 2.40 bits per heavy atom. The quantitative estimate of drug-likeness (QED) is 0.536. The van der Waals surface area contributed by atoms with Crippen molar-refractivity contribution in [3.8, 4) is 0 Å². The van der Waals surface area contributed by atoms with Crippen LogP contribution in [0.25, 0.3) is 0 Å². The highest BCUT2D eigenvalue weighted by Crippen LogP contribution is 2.14. The van der Waals surface area contributed by atoms with Crippen LogP contribution < -0.4 is 0 Å². The van der Waals surface area contributed by atoms with Crippen LogP contribution in [0, 0.1) is 11.8 Å². The van der Waals surface area contributed by atoms with Crippen molar-refractivity contribution in [3.05, 3.63) is 12.8 Å². The Hall–Kier alpha value is -0.460. The van der Waals surface area contributed by atoms with Crippen molar-refractivity contribution in [2.24, 2.45) is 11.8 Å². The van der Waals surface area contributed by atoms with Gasteiger partial charge in [-0.1, -0.05) is 27.4 Å². The summed E-state index contributed by atoms with van der Waals surface area (Å²) in [6, 6.07) is 0. The van der Waals surface area contributed by atoms with Gasteiger partial charge in [0.05, 0.1) is 12.9 Å². The van der Waals surface area contributed by atoms with Crippen LogP contribution in [0.4, 0.5) is 0 Å². The van der Waals surface area contributed by atoms with E-state index < -0.39 is 0 Å². The zero-order valence-corrected chi connectivity index (χ0v) is 7.26. The Kier molecular flexibility index (Phi) is 5.09. The van der Waals surface area contributed by atoms with Crippen LogP contribution in [0.15, 0.2) is 12.8 Å². The lowest BCUT2D eigenvalue weighted by atomic mass is 9.94. The Bertz CT molecular complexity index is 86.7. The molecule has 0 saturated heterocycles. The minimum Gasteiger partial charge on any atom is -0.502 e. The molecule has 1 nitrogen and oxygen atoms in total. The third kappa shape index (κ3) is 3.54. The summed E-state index contributed by atoms with van der Waals surface area (Å²) < 4.78 is 5.11. The predicted octanol–water partition coefficient (Wildman–Crippen LogP) is 2.83. The van der Waals surface area contributed by atoms with Gasteiger partial charge in [-0.3, -0.25) is 0 Å². The van der Waals surface area contributed by atoms with Gasteiger partial charge in [0, 0.05) is 0 Å². The summed E-state index contributed by atoms with van der Waals surface area (Å²) in [5.74, 6) is 1.39. The normalized spacial score (nSPS) is 13.2. The van der Waals surface area contributed by atoms with Crippen molar-refractivity contribution in [2.75, 3.05) is 6.61 Å². The van der Waals surface area contributed by atoms with Gasteiger partial charge in [0.15, 0.2) is 0 Å². The average Bonchev–Trinajstić information content (AvgIpc) is 1.89. The lowest BCUT2D eigenvalue weighted by Gasteiger charge is -2.17. The Balaban J connectivity index is 3.49. The molecule has 0 bridgehead atoms. The number of hydrogen-bond donors (Lipinski definition) is 0. The molecular weight excluding hydrogens is 124 g/mol. The zero-order chi connectivity index (χ0) is 7.98. The molecule has 0 amide bonds. The van der Waals surface area contributed by atoms with Crippen LogP contribution in [-0.2, 0) is 4.74 Å². The van der Waals surface area contributed by atoms with Crippen molar-refractivity contribution >= 4 is 0 Å². The van der Waals surface area contributed by atoms with Gasteiger partial charge < -0.3 is 4.74 Å². The van der Waals surface area contributed by atoms with Gasteiger partial charge in [-0.25, -0.2) is 0 Å². The van der Waals surface area contributed by atoms with Crippen molar-refractivity contribution in [1.82, 2.24) is 0 Å². The number of rotatable bonds is 5. The van der Waals surface area contributed by atoms with Gasteiger partial charge in [0.2, 0.25) is 0 Å². The molecule has 1 unspecified atom stereocenters. The summed E-state index contributed by atoms with van der Waals surface area (Å²) in [4.78, 5) is 0. The van der Waals surface area contributed by atoms with E-state index in [-0.39, 0.29) is 0 Å². The molecule has 0 N–H and O–H groups in total. The summed E-state index contributed by atoms with van der Waals surface area (Å²) in [5.41, 5.74) is 0. The average molecular weight is 142 g/mol. The Morgan fingerprint density at radius 2 is 2.10 bits per heavy atom. The molecule has 0 aliphatic carbocycles. The molecule has 0 radical (unpaired) electrons. The van der Waals surface area contributed by atoms with Crippen molar-refractivity contribution < 1.29 is 4.74 Å². The molecule has 0 rings (SSSR count). The van der Waals surface area contributed by atoms with Crippen LogP contribution in [0.2, 0.25) is 0 Å². The fourth-order valence-corrected chi connectivity index (χ4v) is 0.973. The van der Waals surface area contributed by atoms with Crippen molar-refractivity contribution in [2.45, 2.75) is 27.2 Å². The summed E-state index contributed by atoms with van der Waals surface area (Å²) >= 11 is 0. The molecular formula is C9H18O. The van der Waals surface area contributed by atoms with Crippen molar-refractivity contribution in [1.29, 1.82) is 0 Å². The first-order valence-electron chi connectivity index (χ1n) is 3.94. The number of hydrogen-bond acceptors (Lipinski definition) is 1. The first kappa shape index (κ1) is 9.54. The molecule has 0 aromatic carbocycles. The fraction of sp³-hybridized carbons (Fsp3) is 0.778. The van der Waals surface area contributed by atoms with E-state index in [2.05, 4.69) is 27.4 Å². The molecule has 1 heteroatoms. The summed E-state index contributed by atoms with van der Waals surface area (Å²) in [6.45, 7) is 11.0. The van der Waals surface area contributed by atoms with Gasteiger partial charge in [-0.15, -0.1) is 0 Å². The lowest BCUT2D eigenvalue weighted by molar-refractivity contribution is 0.162. The molecule has 0 aromatic rings. The van der Waals surface area contributed by atoms with E-state index in [0.717, 1.165) is 6.61 Å². The molecule has 60 valence electrons. The largest absolute Gasteiger partial charge is 0.502 e. The molecule has 0 aliphatic rings. The number of ether oxygens (including phenoxy) is 1. The van der Waals surface area contributed by atoms with E-state index in [9.17, 15) is 0 Å². The van der Waals surface area contributed by atoms with Crippen LogP contribution in [-0.4, -0.2) is 6.61 Å². The maximum Gasteiger partial charge on any atom is 0.0903 e. The zero-order valence-electron chi connectivity index (χ0n) is 7.26.